The van der Waals surface area contributed by atoms with Gasteiger partial charge in [0.1, 0.15) is 16.3 Å². The molecule has 0 aromatic carbocycles. The third-order valence-electron chi connectivity index (χ3n) is 5.48. The minimum atomic E-state index is 0.568. The Labute approximate surface area is 161 Å². The zero-order chi connectivity index (χ0) is 17.7. The first-order valence-corrected chi connectivity index (χ1v) is 10.3. The summed E-state index contributed by atoms with van der Waals surface area (Å²) >= 11 is 8.05. The summed E-state index contributed by atoms with van der Waals surface area (Å²) in [4.78, 5) is 15.8. The fraction of sp³-hybridized carbons (Fsp3) is 0.500. The van der Waals surface area contributed by atoms with Crippen molar-refractivity contribution >= 4 is 33.2 Å². The molecule has 1 saturated heterocycles. The molecule has 3 aromatic heterocycles. The van der Waals surface area contributed by atoms with Gasteiger partial charge in [0, 0.05) is 49.4 Å². The number of nitrogens with zero attached hydrogens (tertiary/aromatic N) is 6. The third kappa shape index (κ3) is 2.83. The summed E-state index contributed by atoms with van der Waals surface area (Å²) in [6.07, 6.45) is 5.68. The molecule has 2 aliphatic rings. The zero-order valence-corrected chi connectivity index (χ0v) is 16.4. The fourth-order valence-corrected chi connectivity index (χ4v) is 5.44. The number of fused-ring (bicyclic) bond motifs is 5. The number of halogens is 1. The molecule has 1 aliphatic heterocycles. The smallest absolute Gasteiger partial charge is 0.141 e. The Morgan fingerprint density at radius 2 is 1.96 bits per heavy atom. The molecule has 26 heavy (non-hydrogen) atoms. The number of rotatable bonds is 3. The molecule has 1 fully saturated rings. The third-order valence-corrected chi connectivity index (χ3v) is 6.94. The molecule has 8 heteroatoms. The lowest BCUT2D eigenvalue weighted by Gasteiger charge is -2.32. The van der Waals surface area contributed by atoms with E-state index < -0.39 is 0 Å². The molecule has 0 radical (unpaired) electrons. The van der Waals surface area contributed by atoms with Crippen LogP contribution in [0.15, 0.2) is 12.5 Å². The molecule has 136 valence electrons. The predicted octanol–water partition coefficient (Wildman–Crippen LogP) is 2.55. The van der Waals surface area contributed by atoms with Gasteiger partial charge in [0.15, 0.2) is 0 Å². The first-order chi connectivity index (χ1) is 12.7. The summed E-state index contributed by atoms with van der Waals surface area (Å²) in [6, 6.07) is 0. The van der Waals surface area contributed by atoms with Crippen LogP contribution in [0.5, 0.6) is 0 Å². The molecule has 4 heterocycles. The van der Waals surface area contributed by atoms with Crippen LogP contribution < -0.4 is 0 Å². The molecule has 0 unspecified atom stereocenters. The lowest BCUT2D eigenvalue weighted by atomic mass is 9.96. The summed E-state index contributed by atoms with van der Waals surface area (Å²) in [5, 5.41) is 6.46. The maximum atomic E-state index is 6.34. The number of piperazine rings is 1. The van der Waals surface area contributed by atoms with E-state index in [-0.39, 0.29) is 0 Å². The highest BCUT2D eigenvalue weighted by atomic mass is 35.5. The van der Waals surface area contributed by atoms with Crippen LogP contribution in [0, 0.1) is 0 Å². The second-order valence-corrected chi connectivity index (χ2v) is 8.51. The molecule has 3 aromatic rings. The van der Waals surface area contributed by atoms with Crippen LogP contribution in [0.2, 0.25) is 5.15 Å². The van der Waals surface area contributed by atoms with Gasteiger partial charge in [-0.3, -0.25) is 9.58 Å². The highest BCUT2D eigenvalue weighted by Gasteiger charge is 2.26. The van der Waals surface area contributed by atoms with Gasteiger partial charge in [0.05, 0.1) is 17.6 Å². The molecular formula is C18H21ClN6S. The van der Waals surface area contributed by atoms with Crippen molar-refractivity contribution in [2.75, 3.05) is 39.8 Å². The fourth-order valence-electron chi connectivity index (χ4n) is 3.92. The van der Waals surface area contributed by atoms with Crippen LogP contribution in [0.25, 0.3) is 20.7 Å². The van der Waals surface area contributed by atoms with Crippen LogP contribution in [0.1, 0.15) is 11.3 Å². The van der Waals surface area contributed by atoms with Crippen LogP contribution >= 0.6 is 22.9 Å². The summed E-state index contributed by atoms with van der Waals surface area (Å²) in [5.74, 6) is 0. The van der Waals surface area contributed by atoms with Gasteiger partial charge in [0.2, 0.25) is 0 Å². The molecule has 0 spiro atoms. The average molecular weight is 389 g/mol. The van der Waals surface area contributed by atoms with Crippen molar-refractivity contribution in [1.82, 2.24) is 29.5 Å². The molecule has 0 atom stereocenters. The Bertz CT molecular complexity index is 956. The second-order valence-electron chi connectivity index (χ2n) is 7.15. The predicted molar refractivity (Wildman–Crippen MR) is 105 cm³/mol. The van der Waals surface area contributed by atoms with Crippen LogP contribution in [0.3, 0.4) is 0 Å². The molecule has 6 nitrogen and oxygen atoms in total. The first kappa shape index (κ1) is 16.6. The van der Waals surface area contributed by atoms with E-state index in [1.54, 1.807) is 17.7 Å². The summed E-state index contributed by atoms with van der Waals surface area (Å²) < 4.78 is 2.12. The minimum Gasteiger partial charge on any atom is -0.304 e. The highest BCUT2D eigenvalue weighted by molar-refractivity contribution is 7.22. The molecule has 0 N–H and O–H groups in total. The van der Waals surface area contributed by atoms with E-state index in [0.717, 1.165) is 62.3 Å². The Morgan fingerprint density at radius 3 is 2.81 bits per heavy atom. The number of thiophene rings is 1. The lowest BCUT2D eigenvalue weighted by molar-refractivity contribution is 0.148. The monoisotopic (exact) mass is 388 g/mol. The highest BCUT2D eigenvalue weighted by Crippen LogP contribution is 2.44. The molecule has 5 rings (SSSR count). The molecule has 0 amide bonds. The van der Waals surface area contributed by atoms with Crippen molar-refractivity contribution in [3.63, 3.8) is 0 Å². The van der Waals surface area contributed by atoms with Crippen molar-refractivity contribution in [2.45, 2.75) is 19.4 Å². The van der Waals surface area contributed by atoms with Crippen molar-refractivity contribution in [3.05, 3.63) is 28.9 Å². The van der Waals surface area contributed by atoms with Crippen molar-refractivity contribution < 1.29 is 0 Å². The van der Waals surface area contributed by atoms with Gasteiger partial charge < -0.3 is 4.90 Å². The van der Waals surface area contributed by atoms with E-state index in [2.05, 4.69) is 37.7 Å². The number of aryl methyl sites for hydroxylation is 2. The largest absolute Gasteiger partial charge is 0.304 e. The Kier molecular flexibility index (Phi) is 4.20. The van der Waals surface area contributed by atoms with E-state index >= 15 is 0 Å². The van der Waals surface area contributed by atoms with Crippen molar-refractivity contribution in [2.24, 2.45) is 0 Å². The van der Waals surface area contributed by atoms with Crippen LogP contribution in [0.4, 0.5) is 0 Å². The standard InChI is InChI=1S/C18H21ClN6S/c1-23-4-6-24(7-5-23)8-9-25-10-13-14(22-25)3-2-12-15-17(19)20-11-21-18(15)26-16(12)13/h10-11H,2-9H2,1H3. The zero-order valence-electron chi connectivity index (χ0n) is 14.8. The SMILES string of the molecule is CN1CCN(CCn2cc3c(n2)CCc2c-3sc3ncnc(Cl)c23)CC1. The van der Waals surface area contributed by atoms with Gasteiger partial charge in [-0.05, 0) is 25.5 Å². The van der Waals surface area contributed by atoms with Crippen molar-refractivity contribution in [1.29, 1.82) is 0 Å². The number of hydrogen-bond donors (Lipinski definition) is 0. The molecule has 0 saturated carbocycles. The lowest BCUT2D eigenvalue weighted by Crippen LogP contribution is -2.45. The van der Waals surface area contributed by atoms with Gasteiger partial charge in [-0.1, -0.05) is 11.6 Å². The van der Waals surface area contributed by atoms with Crippen LogP contribution in [-0.2, 0) is 19.4 Å². The number of aromatic nitrogens is 4. The molecular weight excluding hydrogens is 368 g/mol. The van der Waals surface area contributed by atoms with Gasteiger partial charge in [-0.15, -0.1) is 11.3 Å². The molecule has 0 bridgehead atoms. The first-order valence-electron chi connectivity index (χ1n) is 9.08. The van der Waals surface area contributed by atoms with E-state index in [9.17, 15) is 0 Å². The van der Waals surface area contributed by atoms with Gasteiger partial charge in [0.25, 0.3) is 0 Å². The summed E-state index contributed by atoms with van der Waals surface area (Å²) in [5.41, 5.74) is 3.75. The minimum absolute atomic E-state index is 0.568. The number of likely N-dealkylation sites (N-methyl/N-ethyl adjacent to an activating group) is 1. The normalized spacial score (nSPS) is 18.2. The van der Waals surface area contributed by atoms with Gasteiger partial charge in [-0.25, -0.2) is 9.97 Å². The maximum absolute atomic E-state index is 6.34. The van der Waals surface area contributed by atoms with Gasteiger partial charge in [-0.2, -0.15) is 5.10 Å². The maximum Gasteiger partial charge on any atom is 0.141 e. The number of hydrogen-bond acceptors (Lipinski definition) is 6. The van der Waals surface area contributed by atoms with E-state index in [0.29, 0.717) is 5.15 Å². The summed E-state index contributed by atoms with van der Waals surface area (Å²) in [7, 11) is 2.19. The van der Waals surface area contributed by atoms with E-state index in [4.69, 9.17) is 16.7 Å². The topological polar surface area (TPSA) is 50.1 Å². The Balaban J connectivity index is 1.40. The van der Waals surface area contributed by atoms with Gasteiger partial charge >= 0.3 is 0 Å². The van der Waals surface area contributed by atoms with Crippen LogP contribution in [-0.4, -0.2) is 69.3 Å². The molecule has 1 aliphatic carbocycles. The summed E-state index contributed by atoms with van der Waals surface area (Å²) in [6.45, 7) is 6.61. The Hall–Kier alpha value is -1.54. The van der Waals surface area contributed by atoms with E-state index in [1.807, 2.05) is 0 Å². The quantitative estimate of drug-likeness (QED) is 0.645. The van der Waals surface area contributed by atoms with E-state index in [1.165, 1.54) is 21.7 Å². The van der Waals surface area contributed by atoms with Crippen molar-refractivity contribution in [3.8, 4) is 10.4 Å². The average Bonchev–Trinajstić information content (AvgIpc) is 3.22. The Morgan fingerprint density at radius 1 is 1.12 bits per heavy atom. The second kappa shape index (κ2) is 6.56.